The minimum absolute atomic E-state index is 0.449. The maximum atomic E-state index is 6.17. The molecule has 6 nitrogen and oxygen atoms in total. The highest BCUT2D eigenvalue weighted by atomic mass is 16.5. The Labute approximate surface area is 132 Å². The minimum atomic E-state index is 0.449. The molecule has 0 spiro atoms. The van der Waals surface area contributed by atoms with Crippen molar-refractivity contribution in [3.8, 4) is 0 Å². The van der Waals surface area contributed by atoms with Crippen molar-refractivity contribution < 1.29 is 9.47 Å². The van der Waals surface area contributed by atoms with Gasteiger partial charge in [-0.15, -0.1) is 0 Å². The van der Waals surface area contributed by atoms with E-state index in [1.807, 2.05) is 0 Å². The SMILES string of the molecule is C1CCC2C(C1)OCN1CN3C4CCCCC4OCN3CN21. The Morgan fingerprint density at radius 2 is 1.05 bits per heavy atom. The van der Waals surface area contributed by atoms with Crippen LogP contribution in [0.3, 0.4) is 0 Å². The summed E-state index contributed by atoms with van der Waals surface area (Å²) in [6, 6.07) is 1.16. The quantitative estimate of drug-likeness (QED) is 0.675. The molecule has 6 heteroatoms. The fraction of sp³-hybridized carbons (Fsp3) is 1.00. The highest BCUT2D eigenvalue weighted by molar-refractivity contribution is 4.91. The van der Waals surface area contributed by atoms with E-state index in [0.29, 0.717) is 24.3 Å². The van der Waals surface area contributed by atoms with Gasteiger partial charge in [0, 0.05) is 0 Å². The van der Waals surface area contributed by atoms with Crippen LogP contribution >= 0.6 is 0 Å². The zero-order valence-corrected chi connectivity index (χ0v) is 13.4. The van der Waals surface area contributed by atoms with Crippen molar-refractivity contribution in [3.63, 3.8) is 0 Å². The highest BCUT2D eigenvalue weighted by Gasteiger charge is 2.47. The molecule has 2 aliphatic carbocycles. The van der Waals surface area contributed by atoms with Gasteiger partial charge in [-0.3, -0.25) is 0 Å². The third kappa shape index (κ3) is 2.24. The number of hydrogen-bond donors (Lipinski definition) is 0. The summed E-state index contributed by atoms with van der Waals surface area (Å²) in [6.07, 6.45) is 11.3. The second kappa shape index (κ2) is 5.69. The van der Waals surface area contributed by atoms with Gasteiger partial charge in [0.15, 0.2) is 0 Å². The summed E-state index contributed by atoms with van der Waals surface area (Å²) in [7, 11) is 0. The van der Waals surface area contributed by atoms with Crippen LogP contribution < -0.4 is 0 Å². The first-order valence-corrected chi connectivity index (χ1v) is 9.16. The molecule has 0 amide bonds. The van der Waals surface area contributed by atoms with Gasteiger partial charge in [-0.2, -0.15) is 10.0 Å². The van der Waals surface area contributed by atoms with Crippen LogP contribution in [-0.4, -0.2) is 71.1 Å². The molecular formula is C16H28N4O2. The lowest BCUT2D eigenvalue weighted by molar-refractivity contribution is -0.356. The van der Waals surface area contributed by atoms with E-state index in [4.69, 9.17) is 9.47 Å². The first-order valence-electron chi connectivity index (χ1n) is 9.16. The van der Waals surface area contributed by atoms with Crippen LogP contribution in [0.2, 0.25) is 0 Å². The summed E-state index contributed by atoms with van der Waals surface area (Å²) in [5, 5.41) is 10.0. The van der Waals surface area contributed by atoms with E-state index in [9.17, 15) is 0 Å². The monoisotopic (exact) mass is 308 g/mol. The van der Waals surface area contributed by atoms with Crippen LogP contribution in [0.4, 0.5) is 0 Å². The molecule has 0 aromatic carbocycles. The molecule has 0 aromatic rings. The number of fused-ring (bicyclic) bond motifs is 6. The molecular weight excluding hydrogens is 280 g/mol. The number of rotatable bonds is 0. The Hall–Kier alpha value is -0.240. The first kappa shape index (κ1) is 14.1. The topological polar surface area (TPSA) is 31.4 Å². The Morgan fingerprint density at radius 3 is 1.55 bits per heavy atom. The van der Waals surface area contributed by atoms with Crippen molar-refractivity contribution in [2.45, 2.75) is 75.7 Å². The van der Waals surface area contributed by atoms with Crippen LogP contribution in [0.1, 0.15) is 51.4 Å². The van der Waals surface area contributed by atoms with E-state index in [0.717, 1.165) is 26.8 Å². The zero-order chi connectivity index (χ0) is 14.5. The first-order chi connectivity index (χ1) is 10.9. The third-order valence-electron chi connectivity index (χ3n) is 6.32. The summed E-state index contributed by atoms with van der Waals surface area (Å²) >= 11 is 0. The van der Waals surface area contributed by atoms with Crippen molar-refractivity contribution in [2.75, 3.05) is 26.8 Å². The molecule has 0 bridgehead atoms. The second-order valence-corrected chi connectivity index (χ2v) is 7.55. The zero-order valence-electron chi connectivity index (χ0n) is 13.4. The number of ether oxygens (including phenoxy) is 2. The molecule has 5 aliphatic rings. The lowest BCUT2D eigenvalue weighted by Crippen LogP contribution is -2.74. The van der Waals surface area contributed by atoms with Crippen molar-refractivity contribution in [2.24, 2.45) is 0 Å². The van der Waals surface area contributed by atoms with Gasteiger partial charge in [-0.25, -0.2) is 10.0 Å². The van der Waals surface area contributed by atoms with Gasteiger partial charge in [0.1, 0.15) is 13.5 Å². The van der Waals surface area contributed by atoms with Crippen LogP contribution in [0.15, 0.2) is 0 Å². The molecule has 0 radical (unpaired) electrons. The lowest BCUT2D eigenvalue weighted by atomic mass is 9.90. The molecule has 5 rings (SSSR count). The van der Waals surface area contributed by atoms with Crippen LogP contribution in [0.5, 0.6) is 0 Å². The van der Waals surface area contributed by atoms with E-state index in [1.54, 1.807) is 0 Å². The molecule has 3 saturated heterocycles. The highest BCUT2D eigenvalue weighted by Crippen LogP contribution is 2.36. The molecule has 3 heterocycles. The largest absolute Gasteiger partial charge is 0.360 e. The van der Waals surface area contributed by atoms with Crippen LogP contribution in [0, 0.1) is 0 Å². The molecule has 4 unspecified atom stereocenters. The fourth-order valence-corrected chi connectivity index (χ4v) is 5.12. The van der Waals surface area contributed by atoms with Gasteiger partial charge >= 0.3 is 0 Å². The van der Waals surface area contributed by atoms with Gasteiger partial charge in [0.05, 0.1) is 37.6 Å². The minimum Gasteiger partial charge on any atom is -0.360 e. The summed E-state index contributed by atoms with van der Waals surface area (Å²) < 4.78 is 12.3. The maximum absolute atomic E-state index is 6.17. The molecule has 22 heavy (non-hydrogen) atoms. The molecule has 124 valence electrons. The van der Waals surface area contributed by atoms with Gasteiger partial charge in [0.2, 0.25) is 0 Å². The summed E-state index contributed by atoms with van der Waals surface area (Å²) in [5.74, 6) is 0. The maximum Gasteiger partial charge on any atom is 0.114 e. The van der Waals surface area contributed by atoms with Gasteiger partial charge in [-0.05, 0) is 25.7 Å². The number of hydrogen-bond acceptors (Lipinski definition) is 6. The average Bonchev–Trinajstić information content (AvgIpc) is 2.60. The van der Waals surface area contributed by atoms with Crippen molar-refractivity contribution in [1.82, 2.24) is 20.0 Å². The standard InChI is InChI=1S/C16H28N4O2/c1-3-7-15-13(5-1)19-9-18-12-22-16-8-4-2-6-14(16)20(18)10-17(19)11-21-15/h13-16H,1-12H2. The van der Waals surface area contributed by atoms with E-state index in [1.165, 1.54) is 51.4 Å². The predicted octanol–water partition coefficient (Wildman–Crippen LogP) is 1.55. The van der Waals surface area contributed by atoms with Crippen LogP contribution in [-0.2, 0) is 9.47 Å². The van der Waals surface area contributed by atoms with Crippen molar-refractivity contribution in [3.05, 3.63) is 0 Å². The van der Waals surface area contributed by atoms with E-state index in [2.05, 4.69) is 20.0 Å². The molecule has 4 atom stereocenters. The van der Waals surface area contributed by atoms with Gasteiger partial charge in [0.25, 0.3) is 0 Å². The van der Waals surface area contributed by atoms with E-state index >= 15 is 0 Å². The molecule has 0 N–H and O–H groups in total. The fourth-order valence-electron chi connectivity index (χ4n) is 5.12. The van der Waals surface area contributed by atoms with E-state index in [-0.39, 0.29) is 0 Å². The normalized spacial score (nSPS) is 44.7. The Morgan fingerprint density at radius 1 is 0.591 bits per heavy atom. The average molecular weight is 308 g/mol. The van der Waals surface area contributed by atoms with Crippen LogP contribution in [0.25, 0.3) is 0 Å². The number of nitrogens with zero attached hydrogens (tertiary/aromatic N) is 4. The van der Waals surface area contributed by atoms with Gasteiger partial charge in [-0.1, -0.05) is 25.7 Å². The van der Waals surface area contributed by atoms with Gasteiger partial charge < -0.3 is 9.47 Å². The molecule has 2 saturated carbocycles. The second-order valence-electron chi connectivity index (χ2n) is 7.55. The smallest absolute Gasteiger partial charge is 0.114 e. The summed E-state index contributed by atoms with van der Waals surface area (Å²) in [4.78, 5) is 0. The predicted molar refractivity (Wildman–Crippen MR) is 81.1 cm³/mol. The third-order valence-corrected chi connectivity index (χ3v) is 6.32. The summed E-state index contributed by atoms with van der Waals surface area (Å²) in [5.41, 5.74) is 0. The van der Waals surface area contributed by atoms with Crippen molar-refractivity contribution >= 4 is 0 Å². The van der Waals surface area contributed by atoms with E-state index < -0.39 is 0 Å². The number of hydrazine groups is 2. The molecule has 0 aromatic heterocycles. The lowest BCUT2D eigenvalue weighted by Gasteiger charge is -2.60. The van der Waals surface area contributed by atoms with Crippen molar-refractivity contribution in [1.29, 1.82) is 0 Å². The Balaban J connectivity index is 1.35. The Kier molecular flexibility index (Phi) is 3.65. The Bertz CT molecular complexity index is 385. The summed E-state index contributed by atoms with van der Waals surface area (Å²) in [6.45, 7) is 3.50. The molecule has 5 fully saturated rings. The molecule has 3 aliphatic heterocycles.